The number of rotatable bonds is 5. The molecular weight excluding hydrogens is 250 g/mol. The summed E-state index contributed by atoms with van der Waals surface area (Å²) in [4.78, 5) is 35.7. The summed E-state index contributed by atoms with van der Waals surface area (Å²) in [6, 6.07) is -1.55. The summed E-state index contributed by atoms with van der Waals surface area (Å²) in [5.41, 5.74) is 0. The summed E-state index contributed by atoms with van der Waals surface area (Å²) < 4.78 is 0. The van der Waals surface area contributed by atoms with E-state index in [0.29, 0.717) is 6.42 Å². The lowest BCUT2D eigenvalue weighted by Crippen LogP contribution is -2.49. The van der Waals surface area contributed by atoms with Gasteiger partial charge in [0.15, 0.2) is 0 Å². The highest BCUT2D eigenvalue weighted by Gasteiger charge is 2.19. The molecule has 0 spiro atoms. The van der Waals surface area contributed by atoms with Gasteiger partial charge in [-0.25, -0.2) is 9.59 Å². The van der Waals surface area contributed by atoms with Crippen LogP contribution in [-0.4, -0.2) is 53.6 Å². The normalized spacial score (nSPS) is 16.6. The minimum Gasteiger partial charge on any atom is -0.480 e. The Kier molecular flexibility index (Phi) is 6.11. The van der Waals surface area contributed by atoms with Gasteiger partial charge in [0.2, 0.25) is 5.91 Å². The number of carboxylic acid groups (broad SMARTS) is 1. The first-order valence-electron chi connectivity index (χ1n) is 6.59. The van der Waals surface area contributed by atoms with E-state index in [9.17, 15) is 14.4 Å². The maximum Gasteiger partial charge on any atom is 0.326 e. The number of carboxylic acids is 1. The van der Waals surface area contributed by atoms with Crippen molar-refractivity contribution in [1.29, 1.82) is 0 Å². The standard InChI is InChI=1S/C12H21N3O4/c1-2-9(11(17)18)14-12(19)13-8-10(16)15-6-4-3-5-7-15/h9H,2-8H2,1H3,(H,17,18)(H2,13,14,19)/t9-/m0/s1. The van der Waals surface area contributed by atoms with E-state index in [4.69, 9.17) is 5.11 Å². The predicted molar refractivity (Wildman–Crippen MR) is 68.7 cm³/mol. The van der Waals surface area contributed by atoms with Crippen LogP contribution in [0.5, 0.6) is 0 Å². The molecule has 1 fully saturated rings. The molecule has 1 rings (SSSR count). The highest BCUT2D eigenvalue weighted by Crippen LogP contribution is 2.08. The van der Waals surface area contributed by atoms with Gasteiger partial charge in [0.1, 0.15) is 6.04 Å². The fourth-order valence-electron chi connectivity index (χ4n) is 1.96. The van der Waals surface area contributed by atoms with Crippen LogP contribution < -0.4 is 10.6 Å². The molecule has 0 saturated carbocycles. The fraction of sp³-hybridized carbons (Fsp3) is 0.750. The molecule has 1 atom stereocenters. The highest BCUT2D eigenvalue weighted by molar-refractivity contribution is 5.86. The first-order chi connectivity index (χ1) is 9.04. The Morgan fingerprint density at radius 1 is 1.21 bits per heavy atom. The van der Waals surface area contributed by atoms with Crippen molar-refractivity contribution in [2.45, 2.75) is 38.6 Å². The van der Waals surface area contributed by atoms with Crippen molar-refractivity contribution in [3.63, 3.8) is 0 Å². The molecule has 1 aliphatic rings. The van der Waals surface area contributed by atoms with Crippen molar-refractivity contribution in [2.75, 3.05) is 19.6 Å². The molecule has 1 saturated heterocycles. The lowest BCUT2D eigenvalue weighted by atomic mass is 10.1. The van der Waals surface area contributed by atoms with E-state index in [0.717, 1.165) is 32.4 Å². The monoisotopic (exact) mass is 271 g/mol. The topological polar surface area (TPSA) is 98.7 Å². The van der Waals surface area contributed by atoms with Crippen LogP contribution in [0.3, 0.4) is 0 Å². The molecule has 7 nitrogen and oxygen atoms in total. The van der Waals surface area contributed by atoms with E-state index < -0.39 is 18.0 Å². The van der Waals surface area contributed by atoms with E-state index >= 15 is 0 Å². The van der Waals surface area contributed by atoms with Gasteiger partial charge in [0.25, 0.3) is 0 Å². The summed E-state index contributed by atoms with van der Waals surface area (Å²) in [5.74, 6) is -1.21. The summed E-state index contributed by atoms with van der Waals surface area (Å²) in [6.07, 6.45) is 3.42. The third-order valence-electron chi connectivity index (χ3n) is 3.12. The molecular formula is C12H21N3O4. The summed E-state index contributed by atoms with van der Waals surface area (Å²) >= 11 is 0. The third-order valence-corrected chi connectivity index (χ3v) is 3.12. The molecule has 0 aromatic heterocycles. The molecule has 108 valence electrons. The van der Waals surface area contributed by atoms with Gasteiger partial charge < -0.3 is 20.6 Å². The molecule has 0 unspecified atom stereocenters. The lowest BCUT2D eigenvalue weighted by Gasteiger charge is -2.26. The lowest BCUT2D eigenvalue weighted by molar-refractivity contribution is -0.139. The van der Waals surface area contributed by atoms with Crippen LogP contribution in [0, 0.1) is 0 Å². The molecule has 0 aliphatic carbocycles. The van der Waals surface area contributed by atoms with Gasteiger partial charge in [-0.15, -0.1) is 0 Å². The summed E-state index contributed by atoms with van der Waals surface area (Å²) in [5, 5.41) is 13.5. The van der Waals surface area contributed by atoms with Crippen molar-refractivity contribution >= 4 is 17.9 Å². The Balaban J connectivity index is 2.29. The Hall–Kier alpha value is -1.79. The molecule has 7 heteroatoms. The van der Waals surface area contributed by atoms with Crippen LogP contribution in [0.1, 0.15) is 32.6 Å². The van der Waals surface area contributed by atoms with Crippen LogP contribution in [0.15, 0.2) is 0 Å². The Morgan fingerprint density at radius 2 is 1.84 bits per heavy atom. The quantitative estimate of drug-likeness (QED) is 0.663. The van der Waals surface area contributed by atoms with Crippen molar-refractivity contribution in [3.05, 3.63) is 0 Å². The number of hydrogen-bond donors (Lipinski definition) is 3. The van der Waals surface area contributed by atoms with Crippen molar-refractivity contribution in [1.82, 2.24) is 15.5 Å². The molecule has 0 radical (unpaired) electrons. The molecule has 3 amide bonds. The van der Waals surface area contributed by atoms with Crippen LogP contribution in [0.2, 0.25) is 0 Å². The smallest absolute Gasteiger partial charge is 0.326 e. The molecule has 0 aromatic carbocycles. The molecule has 1 heterocycles. The van der Waals surface area contributed by atoms with Crippen LogP contribution >= 0.6 is 0 Å². The number of likely N-dealkylation sites (tertiary alicyclic amines) is 1. The maximum absolute atomic E-state index is 11.8. The first-order valence-corrected chi connectivity index (χ1v) is 6.59. The van der Waals surface area contributed by atoms with Gasteiger partial charge in [-0.3, -0.25) is 4.79 Å². The number of urea groups is 1. The maximum atomic E-state index is 11.8. The van der Waals surface area contributed by atoms with Gasteiger partial charge in [0, 0.05) is 13.1 Å². The SMILES string of the molecule is CC[C@H](NC(=O)NCC(=O)N1CCCCC1)C(=O)O. The third kappa shape index (κ3) is 5.15. The van der Waals surface area contributed by atoms with Gasteiger partial charge in [0.05, 0.1) is 6.54 Å². The van der Waals surface area contributed by atoms with E-state index in [1.807, 2.05) is 0 Å². The molecule has 1 aliphatic heterocycles. The molecule has 19 heavy (non-hydrogen) atoms. The van der Waals surface area contributed by atoms with Crippen LogP contribution in [0.4, 0.5) is 4.79 Å². The largest absolute Gasteiger partial charge is 0.480 e. The number of hydrogen-bond acceptors (Lipinski definition) is 3. The summed E-state index contributed by atoms with van der Waals surface area (Å²) in [7, 11) is 0. The van der Waals surface area contributed by atoms with Gasteiger partial charge in [-0.1, -0.05) is 6.92 Å². The first kappa shape index (κ1) is 15.3. The second-order valence-corrected chi connectivity index (χ2v) is 4.57. The number of amides is 3. The zero-order chi connectivity index (χ0) is 14.3. The van der Waals surface area contributed by atoms with E-state index in [2.05, 4.69) is 10.6 Å². The Labute approximate surface area is 112 Å². The number of carbonyl (C=O) groups is 3. The fourth-order valence-corrected chi connectivity index (χ4v) is 1.96. The summed E-state index contributed by atoms with van der Waals surface area (Å²) in [6.45, 7) is 3.03. The minimum absolute atomic E-state index is 0.0954. The predicted octanol–water partition coefficient (Wildman–Crippen LogP) is 0.161. The number of nitrogens with one attached hydrogen (secondary N) is 2. The van der Waals surface area contributed by atoms with E-state index in [-0.39, 0.29) is 12.5 Å². The number of piperidine rings is 1. The van der Waals surface area contributed by atoms with Gasteiger partial charge in [-0.2, -0.15) is 0 Å². The minimum atomic E-state index is -1.08. The Bertz CT molecular complexity index is 340. The average molecular weight is 271 g/mol. The van der Waals surface area contributed by atoms with Crippen molar-refractivity contribution < 1.29 is 19.5 Å². The van der Waals surface area contributed by atoms with Crippen molar-refractivity contribution in [3.8, 4) is 0 Å². The number of aliphatic carboxylic acids is 1. The molecule has 0 bridgehead atoms. The number of nitrogens with zero attached hydrogens (tertiary/aromatic N) is 1. The zero-order valence-corrected chi connectivity index (χ0v) is 11.1. The van der Waals surface area contributed by atoms with E-state index in [1.54, 1.807) is 11.8 Å². The molecule has 3 N–H and O–H groups in total. The average Bonchev–Trinajstić information content (AvgIpc) is 2.42. The highest BCUT2D eigenvalue weighted by atomic mass is 16.4. The second kappa shape index (κ2) is 7.60. The Morgan fingerprint density at radius 3 is 2.37 bits per heavy atom. The van der Waals surface area contributed by atoms with Gasteiger partial charge in [-0.05, 0) is 25.7 Å². The zero-order valence-electron chi connectivity index (χ0n) is 11.1. The number of carbonyl (C=O) groups excluding carboxylic acids is 2. The van der Waals surface area contributed by atoms with Crippen molar-refractivity contribution in [2.24, 2.45) is 0 Å². The second-order valence-electron chi connectivity index (χ2n) is 4.57. The van der Waals surface area contributed by atoms with Crippen LogP contribution in [0.25, 0.3) is 0 Å². The molecule has 0 aromatic rings. The van der Waals surface area contributed by atoms with E-state index in [1.165, 1.54) is 0 Å². The van der Waals surface area contributed by atoms with Gasteiger partial charge >= 0.3 is 12.0 Å². The van der Waals surface area contributed by atoms with Crippen LogP contribution in [-0.2, 0) is 9.59 Å².